The Kier molecular flexibility index (Phi) is 6.08. The number of para-hydroxylation sites is 2. The second-order valence-electron chi connectivity index (χ2n) is 6.96. The molecule has 0 aromatic heterocycles. The van der Waals surface area contributed by atoms with Gasteiger partial charge in [0.1, 0.15) is 5.75 Å². The average Bonchev–Trinajstić information content (AvgIpc) is 3.09. The Labute approximate surface area is 174 Å². The molecule has 1 N–H and O–H groups in total. The molecule has 2 aromatic carbocycles. The van der Waals surface area contributed by atoms with Crippen molar-refractivity contribution in [3.05, 3.63) is 53.1 Å². The molecule has 1 fully saturated rings. The lowest BCUT2D eigenvalue weighted by molar-refractivity contribution is -0.122. The van der Waals surface area contributed by atoms with Crippen molar-refractivity contribution in [1.82, 2.24) is 4.90 Å². The number of halogens is 1. The first kappa shape index (κ1) is 20.7. The van der Waals surface area contributed by atoms with E-state index in [-0.39, 0.29) is 35.7 Å². The number of nitrogens with zero attached hydrogens (tertiary/aromatic N) is 2. The number of rotatable bonds is 5. The van der Waals surface area contributed by atoms with E-state index in [1.165, 1.54) is 18.1 Å². The number of methoxy groups -OCH3 is 1. The van der Waals surface area contributed by atoms with Crippen LogP contribution in [-0.2, 0) is 9.59 Å². The highest BCUT2D eigenvalue weighted by Crippen LogP contribution is 2.33. The van der Waals surface area contributed by atoms with Crippen LogP contribution >= 0.6 is 11.6 Å². The zero-order valence-corrected chi connectivity index (χ0v) is 17.2. The quantitative estimate of drug-likeness (QED) is 0.814. The van der Waals surface area contributed by atoms with Crippen LogP contribution < -0.4 is 15.0 Å². The maximum absolute atomic E-state index is 12.7. The monoisotopic (exact) mass is 415 g/mol. The van der Waals surface area contributed by atoms with Gasteiger partial charge < -0.3 is 19.9 Å². The van der Waals surface area contributed by atoms with E-state index in [1.54, 1.807) is 43.3 Å². The number of hydrogen-bond donors (Lipinski definition) is 1. The van der Waals surface area contributed by atoms with Gasteiger partial charge >= 0.3 is 0 Å². The van der Waals surface area contributed by atoms with E-state index in [0.717, 1.165) is 0 Å². The van der Waals surface area contributed by atoms with E-state index >= 15 is 0 Å². The van der Waals surface area contributed by atoms with Gasteiger partial charge in [0.15, 0.2) is 0 Å². The van der Waals surface area contributed by atoms with Crippen molar-refractivity contribution in [2.75, 3.05) is 38.0 Å². The number of hydrogen-bond acceptors (Lipinski definition) is 4. The molecule has 29 heavy (non-hydrogen) atoms. The zero-order chi connectivity index (χ0) is 21.1. The number of carbonyl (C=O) groups excluding carboxylic acids is 3. The van der Waals surface area contributed by atoms with E-state index in [1.807, 2.05) is 12.1 Å². The molecule has 0 bridgehead atoms. The molecule has 1 saturated heterocycles. The normalized spacial score (nSPS) is 15.9. The summed E-state index contributed by atoms with van der Waals surface area (Å²) < 4.78 is 5.32. The minimum Gasteiger partial charge on any atom is -0.495 e. The Hall–Kier alpha value is -3.06. The van der Waals surface area contributed by atoms with Gasteiger partial charge in [0.05, 0.1) is 29.3 Å². The molecule has 0 radical (unpaired) electrons. The first-order valence-corrected chi connectivity index (χ1v) is 9.45. The maximum atomic E-state index is 12.7. The van der Waals surface area contributed by atoms with Crippen LogP contribution in [0.1, 0.15) is 16.8 Å². The predicted octanol–water partition coefficient (Wildman–Crippen LogP) is 3.04. The molecule has 8 heteroatoms. The highest BCUT2D eigenvalue weighted by atomic mass is 35.5. The van der Waals surface area contributed by atoms with Crippen LogP contribution in [-0.4, -0.2) is 50.4 Å². The molecule has 1 unspecified atom stereocenters. The summed E-state index contributed by atoms with van der Waals surface area (Å²) >= 11 is 6.20. The fourth-order valence-corrected chi connectivity index (χ4v) is 3.48. The summed E-state index contributed by atoms with van der Waals surface area (Å²) in [6.07, 6.45) is 0.106. The van der Waals surface area contributed by atoms with Crippen LogP contribution in [0.2, 0.25) is 5.02 Å². The molecule has 1 aliphatic rings. The summed E-state index contributed by atoms with van der Waals surface area (Å²) in [5.74, 6) is -0.566. The molecule has 2 aromatic rings. The van der Waals surface area contributed by atoms with Gasteiger partial charge in [-0.15, -0.1) is 0 Å². The smallest absolute Gasteiger partial charge is 0.254 e. The van der Waals surface area contributed by atoms with Crippen molar-refractivity contribution in [2.45, 2.75) is 6.42 Å². The summed E-state index contributed by atoms with van der Waals surface area (Å²) in [6.45, 7) is 0.260. The largest absolute Gasteiger partial charge is 0.495 e. The molecule has 7 nitrogen and oxygen atoms in total. The van der Waals surface area contributed by atoms with Gasteiger partial charge in [0.2, 0.25) is 11.8 Å². The van der Waals surface area contributed by atoms with Gasteiger partial charge in [-0.05, 0) is 30.3 Å². The Bertz CT molecular complexity index is 961. The first-order chi connectivity index (χ1) is 13.8. The number of amides is 3. The van der Waals surface area contributed by atoms with Crippen LogP contribution in [0.5, 0.6) is 5.75 Å². The highest BCUT2D eigenvalue weighted by Gasteiger charge is 2.36. The second-order valence-corrected chi connectivity index (χ2v) is 7.37. The Morgan fingerprint density at radius 3 is 2.59 bits per heavy atom. The summed E-state index contributed by atoms with van der Waals surface area (Å²) in [5, 5.41) is 3.03. The summed E-state index contributed by atoms with van der Waals surface area (Å²) in [7, 11) is 4.82. The van der Waals surface area contributed by atoms with Crippen molar-refractivity contribution in [1.29, 1.82) is 0 Å². The molecule has 1 aliphatic heterocycles. The lowest BCUT2D eigenvalue weighted by Crippen LogP contribution is -2.28. The standard InChI is InChI=1S/C21H22ClN3O4/c1-24(2)21(28)15-9-8-14(11-16(15)22)23-20(27)13-10-19(26)25(12-13)17-6-4-5-7-18(17)29-3/h4-9,11,13H,10,12H2,1-3H3,(H,23,27). The fourth-order valence-electron chi connectivity index (χ4n) is 3.22. The molecule has 0 saturated carbocycles. The highest BCUT2D eigenvalue weighted by molar-refractivity contribution is 6.34. The van der Waals surface area contributed by atoms with Crippen LogP contribution in [0.3, 0.4) is 0 Å². The Morgan fingerprint density at radius 2 is 1.93 bits per heavy atom. The van der Waals surface area contributed by atoms with Gasteiger partial charge in [0.25, 0.3) is 5.91 Å². The zero-order valence-electron chi connectivity index (χ0n) is 16.4. The number of carbonyl (C=O) groups is 3. The minimum atomic E-state index is -0.505. The first-order valence-electron chi connectivity index (χ1n) is 9.07. The Balaban J connectivity index is 1.71. The fraction of sp³-hybridized carbons (Fsp3) is 0.286. The van der Waals surface area contributed by atoms with Gasteiger partial charge in [-0.3, -0.25) is 14.4 Å². The van der Waals surface area contributed by atoms with Crippen molar-refractivity contribution >= 4 is 40.7 Å². The number of anilines is 2. The Morgan fingerprint density at radius 1 is 1.21 bits per heavy atom. The third kappa shape index (κ3) is 4.35. The molecule has 0 spiro atoms. The summed E-state index contributed by atoms with van der Waals surface area (Å²) in [5.41, 5.74) is 1.47. The lowest BCUT2D eigenvalue weighted by atomic mass is 10.1. The summed E-state index contributed by atoms with van der Waals surface area (Å²) in [4.78, 5) is 40.2. The van der Waals surface area contributed by atoms with E-state index in [0.29, 0.717) is 22.7 Å². The van der Waals surface area contributed by atoms with Crippen molar-refractivity contribution in [2.24, 2.45) is 5.92 Å². The molecular formula is C21H22ClN3O4. The third-order valence-electron chi connectivity index (χ3n) is 4.75. The second kappa shape index (κ2) is 8.53. The molecular weight excluding hydrogens is 394 g/mol. The van der Waals surface area contributed by atoms with Crippen LogP contribution in [0, 0.1) is 5.92 Å². The molecule has 1 heterocycles. The van der Waals surface area contributed by atoms with Crippen molar-refractivity contribution in [3.63, 3.8) is 0 Å². The van der Waals surface area contributed by atoms with E-state index < -0.39 is 5.92 Å². The molecule has 0 aliphatic carbocycles. The van der Waals surface area contributed by atoms with E-state index in [4.69, 9.17) is 16.3 Å². The third-order valence-corrected chi connectivity index (χ3v) is 5.06. The van der Waals surface area contributed by atoms with Gasteiger partial charge in [0, 0.05) is 32.7 Å². The maximum Gasteiger partial charge on any atom is 0.254 e. The predicted molar refractivity (Wildman–Crippen MR) is 112 cm³/mol. The van der Waals surface area contributed by atoms with Crippen molar-refractivity contribution < 1.29 is 19.1 Å². The van der Waals surface area contributed by atoms with Gasteiger partial charge in [-0.1, -0.05) is 23.7 Å². The molecule has 152 valence electrons. The summed E-state index contributed by atoms with van der Waals surface area (Å²) in [6, 6.07) is 11.9. The van der Waals surface area contributed by atoms with Crippen LogP contribution in [0.15, 0.2) is 42.5 Å². The molecule has 3 rings (SSSR count). The number of nitrogens with one attached hydrogen (secondary N) is 1. The molecule has 1 atom stereocenters. The number of ether oxygens (including phenoxy) is 1. The minimum absolute atomic E-state index is 0.106. The van der Waals surface area contributed by atoms with Crippen molar-refractivity contribution in [3.8, 4) is 5.75 Å². The van der Waals surface area contributed by atoms with E-state index in [2.05, 4.69) is 5.32 Å². The number of benzene rings is 2. The topological polar surface area (TPSA) is 79.0 Å². The van der Waals surface area contributed by atoms with Crippen LogP contribution in [0.25, 0.3) is 0 Å². The SMILES string of the molecule is COc1ccccc1N1CC(C(=O)Nc2ccc(C(=O)N(C)C)c(Cl)c2)CC1=O. The average molecular weight is 416 g/mol. The van der Waals surface area contributed by atoms with Crippen LogP contribution in [0.4, 0.5) is 11.4 Å². The van der Waals surface area contributed by atoms with Gasteiger partial charge in [-0.2, -0.15) is 0 Å². The van der Waals surface area contributed by atoms with E-state index in [9.17, 15) is 14.4 Å². The lowest BCUT2D eigenvalue weighted by Gasteiger charge is -2.19. The van der Waals surface area contributed by atoms with Gasteiger partial charge in [-0.25, -0.2) is 0 Å². The molecule has 3 amide bonds.